The summed E-state index contributed by atoms with van der Waals surface area (Å²) < 4.78 is 11.5. The smallest absolute Gasteiger partial charge is 0.408 e. The van der Waals surface area contributed by atoms with Gasteiger partial charge in [0.1, 0.15) is 11.6 Å². The molecule has 1 atom stereocenters. The largest absolute Gasteiger partial charge is 0.480 e. The predicted molar refractivity (Wildman–Crippen MR) is 89.2 cm³/mol. The summed E-state index contributed by atoms with van der Waals surface area (Å²) in [4.78, 5) is 22.8. The second-order valence-electron chi connectivity index (χ2n) is 6.00. The highest BCUT2D eigenvalue weighted by molar-refractivity contribution is 9.10. The molecule has 0 aliphatic heterocycles. The fourth-order valence-corrected chi connectivity index (χ4v) is 1.94. The van der Waals surface area contributed by atoms with Crippen LogP contribution in [0, 0.1) is 0 Å². The van der Waals surface area contributed by atoms with E-state index in [0.29, 0.717) is 6.61 Å². The van der Waals surface area contributed by atoms with Gasteiger partial charge in [0.15, 0.2) is 0 Å². The Balaban J connectivity index is 2.37. The second-order valence-corrected chi connectivity index (χ2v) is 6.92. The monoisotopic (exact) mass is 387 g/mol. The number of hydrogen-bond acceptors (Lipinski definition) is 4. The number of ether oxygens (including phenoxy) is 2. The van der Waals surface area contributed by atoms with Crippen molar-refractivity contribution in [3.05, 3.63) is 34.3 Å². The van der Waals surface area contributed by atoms with E-state index in [0.717, 1.165) is 10.0 Å². The molecule has 7 heteroatoms. The Bertz CT molecular complexity index is 524. The van der Waals surface area contributed by atoms with E-state index in [1.54, 1.807) is 20.8 Å². The molecule has 0 bridgehead atoms. The average Bonchev–Trinajstić information content (AvgIpc) is 2.42. The van der Waals surface area contributed by atoms with Crippen molar-refractivity contribution in [3.63, 3.8) is 0 Å². The minimum Gasteiger partial charge on any atom is -0.480 e. The summed E-state index contributed by atoms with van der Waals surface area (Å²) in [6.07, 6.45) is -0.594. The summed E-state index contributed by atoms with van der Waals surface area (Å²) >= 11 is 3.35. The van der Waals surface area contributed by atoms with Gasteiger partial charge in [-0.25, -0.2) is 9.59 Å². The van der Waals surface area contributed by atoms with Crippen LogP contribution in [0.5, 0.6) is 0 Å². The van der Waals surface area contributed by atoms with E-state index in [1.807, 2.05) is 24.3 Å². The number of benzene rings is 1. The number of hydrogen-bond donors (Lipinski definition) is 2. The maximum atomic E-state index is 11.6. The van der Waals surface area contributed by atoms with Gasteiger partial charge in [0.25, 0.3) is 0 Å². The molecule has 0 heterocycles. The van der Waals surface area contributed by atoms with Crippen LogP contribution >= 0.6 is 15.9 Å². The van der Waals surface area contributed by atoms with Gasteiger partial charge in [-0.05, 0) is 38.5 Å². The number of halogens is 1. The molecule has 0 unspecified atom stereocenters. The van der Waals surface area contributed by atoms with Crippen molar-refractivity contribution in [2.24, 2.45) is 0 Å². The van der Waals surface area contributed by atoms with Gasteiger partial charge < -0.3 is 19.9 Å². The summed E-state index contributed by atoms with van der Waals surface area (Å²) in [7, 11) is 0. The van der Waals surface area contributed by atoms with Crippen LogP contribution in [-0.4, -0.2) is 35.4 Å². The van der Waals surface area contributed by atoms with Gasteiger partial charge in [-0.1, -0.05) is 28.1 Å². The van der Waals surface area contributed by atoms with Crippen LogP contribution < -0.4 is 5.32 Å². The molecule has 0 saturated heterocycles. The molecule has 0 spiro atoms. The number of carbonyl (C=O) groups is 2. The van der Waals surface area contributed by atoms with Crippen LogP contribution in [0.25, 0.3) is 0 Å². The molecule has 6 nitrogen and oxygen atoms in total. The van der Waals surface area contributed by atoms with Crippen molar-refractivity contribution in [3.8, 4) is 0 Å². The molecule has 0 fully saturated rings. The minimum atomic E-state index is -1.12. The molecule has 1 rings (SSSR count). The lowest BCUT2D eigenvalue weighted by Gasteiger charge is -2.22. The highest BCUT2D eigenvalue weighted by Crippen LogP contribution is 2.11. The Hall–Kier alpha value is -1.60. The molecule has 0 aromatic heterocycles. The van der Waals surface area contributed by atoms with E-state index >= 15 is 0 Å². The molecule has 0 saturated carbocycles. The summed E-state index contributed by atoms with van der Waals surface area (Å²) in [6, 6.07) is 6.59. The van der Waals surface area contributed by atoms with Crippen molar-refractivity contribution < 1.29 is 24.2 Å². The quantitative estimate of drug-likeness (QED) is 0.700. The summed E-state index contributed by atoms with van der Waals surface area (Å²) in [5, 5.41) is 11.5. The van der Waals surface area contributed by atoms with E-state index in [4.69, 9.17) is 14.6 Å². The molecule has 128 valence electrons. The van der Waals surface area contributed by atoms with E-state index in [1.165, 1.54) is 0 Å². The number of alkyl carbamates (subject to hydrolysis) is 1. The third-order valence-corrected chi connectivity index (χ3v) is 3.25. The third-order valence-electron chi connectivity index (χ3n) is 2.72. The number of carboxylic acid groups (broad SMARTS) is 1. The first kappa shape index (κ1) is 19.4. The van der Waals surface area contributed by atoms with E-state index < -0.39 is 23.7 Å². The molecule has 0 radical (unpaired) electrons. The Morgan fingerprint density at radius 2 is 1.87 bits per heavy atom. The lowest BCUT2D eigenvalue weighted by Crippen LogP contribution is -2.44. The topological polar surface area (TPSA) is 84.9 Å². The number of rotatable bonds is 7. The highest BCUT2D eigenvalue weighted by atomic mass is 79.9. The third kappa shape index (κ3) is 8.56. The Morgan fingerprint density at radius 1 is 1.26 bits per heavy atom. The molecular formula is C16H22BrNO5. The first-order valence-electron chi connectivity index (χ1n) is 7.22. The summed E-state index contributed by atoms with van der Waals surface area (Å²) in [5.74, 6) is -1.12. The Kier molecular flexibility index (Phi) is 7.51. The SMILES string of the molecule is CC(C)(C)OC(=O)N[C@@H](CCOCc1ccc(Br)cc1)C(=O)O. The van der Waals surface area contributed by atoms with Gasteiger partial charge in [-0.15, -0.1) is 0 Å². The molecule has 2 N–H and O–H groups in total. The van der Waals surface area contributed by atoms with Crippen molar-refractivity contribution in [2.45, 2.75) is 45.4 Å². The molecule has 1 amide bonds. The predicted octanol–water partition coefficient (Wildman–Crippen LogP) is 3.33. The standard InChI is InChI=1S/C16H22BrNO5/c1-16(2,3)23-15(21)18-13(14(19)20)8-9-22-10-11-4-6-12(17)7-5-11/h4-7,13H,8-10H2,1-3H3,(H,18,21)(H,19,20)/t13-/m0/s1. The van der Waals surface area contributed by atoms with Crippen LogP contribution in [0.3, 0.4) is 0 Å². The number of nitrogens with one attached hydrogen (secondary N) is 1. The molecule has 0 aliphatic carbocycles. The van der Waals surface area contributed by atoms with Crippen LogP contribution in [0.15, 0.2) is 28.7 Å². The first-order valence-corrected chi connectivity index (χ1v) is 8.01. The molecule has 1 aromatic carbocycles. The number of amides is 1. The van der Waals surface area contributed by atoms with Gasteiger partial charge in [0, 0.05) is 17.5 Å². The second kappa shape index (κ2) is 8.88. The van der Waals surface area contributed by atoms with Crippen molar-refractivity contribution in [1.29, 1.82) is 0 Å². The first-order chi connectivity index (χ1) is 10.7. The lowest BCUT2D eigenvalue weighted by molar-refractivity contribution is -0.140. The number of carbonyl (C=O) groups excluding carboxylic acids is 1. The van der Waals surface area contributed by atoms with Crippen LogP contribution in [0.2, 0.25) is 0 Å². The van der Waals surface area contributed by atoms with Crippen LogP contribution in [0.4, 0.5) is 4.79 Å². The van der Waals surface area contributed by atoms with Gasteiger partial charge >= 0.3 is 12.1 Å². The van der Waals surface area contributed by atoms with E-state index in [-0.39, 0.29) is 13.0 Å². The average molecular weight is 388 g/mol. The van der Waals surface area contributed by atoms with Gasteiger partial charge in [-0.3, -0.25) is 0 Å². The fraction of sp³-hybridized carbons (Fsp3) is 0.500. The Morgan fingerprint density at radius 3 is 2.39 bits per heavy atom. The van der Waals surface area contributed by atoms with Gasteiger partial charge in [0.05, 0.1) is 6.61 Å². The zero-order chi connectivity index (χ0) is 17.5. The maximum Gasteiger partial charge on any atom is 0.408 e. The van der Waals surface area contributed by atoms with Crippen LogP contribution in [-0.2, 0) is 20.9 Å². The van der Waals surface area contributed by atoms with Gasteiger partial charge in [0.2, 0.25) is 0 Å². The molecule has 23 heavy (non-hydrogen) atoms. The fourth-order valence-electron chi connectivity index (χ4n) is 1.68. The normalized spacial score (nSPS) is 12.5. The molecule has 1 aromatic rings. The summed E-state index contributed by atoms with van der Waals surface area (Å²) in [6.45, 7) is 5.73. The minimum absolute atomic E-state index is 0.158. The maximum absolute atomic E-state index is 11.6. The summed E-state index contributed by atoms with van der Waals surface area (Å²) in [5.41, 5.74) is 0.311. The molecular weight excluding hydrogens is 366 g/mol. The molecule has 0 aliphatic rings. The Labute approximate surface area is 144 Å². The lowest BCUT2D eigenvalue weighted by atomic mass is 10.2. The highest BCUT2D eigenvalue weighted by Gasteiger charge is 2.23. The van der Waals surface area contributed by atoms with E-state index in [2.05, 4.69) is 21.2 Å². The zero-order valence-electron chi connectivity index (χ0n) is 13.5. The van der Waals surface area contributed by atoms with Crippen molar-refractivity contribution >= 4 is 28.0 Å². The number of carboxylic acids is 1. The van der Waals surface area contributed by atoms with Crippen molar-refractivity contribution in [1.82, 2.24) is 5.32 Å². The zero-order valence-corrected chi connectivity index (χ0v) is 15.1. The number of aliphatic carboxylic acids is 1. The van der Waals surface area contributed by atoms with Crippen LogP contribution in [0.1, 0.15) is 32.8 Å². The van der Waals surface area contributed by atoms with Crippen molar-refractivity contribution in [2.75, 3.05) is 6.61 Å². The van der Waals surface area contributed by atoms with E-state index in [9.17, 15) is 9.59 Å². The van der Waals surface area contributed by atoms with Gasteiger partial charge in [-0.2, -0.15) is 0 Å².